The van der Waals surface area contributed by atoms with Crippen molar-refractivity contribution in [3.8, 4) is 33.4 Å². The summed E-state index contributed by atoms with van der Waals surface area (Å²) in [5, 5.41) is 0. The summed E-state index contributed by atoms with van der Waals surface area (Å²) in [6, 6.07) is 18.8. The van der Waals surface area contributed by atoms with Crippen molar-refractivity contribution in [2.75, 3.05) is 0 Å². The topological polar surface area (TPSA) is 38.7 Å². The maximum absolute atomic E-state index is 4.44. The fourth-order valence-electron chi connectivity index (χ4n) is 2.83. The molecule has 0 bridgehead atoms. The molecule has 0 aliphatic heterocycles. The minimum Gasteiger partial charge on any atom is -0.264 e. The van der Waals surface area contributed by atoms with Crippen molar-refractivity contribution in [3.05, 3.63) is 91.3 Å². The second-order valence-electron chi connectivity index (χ2n) is 5.97. The largest absolute Gasteiger partial charge is 0.264 e. The highest BCUT2D eigenvalue weighted by Crippen LogP contribution is 2.32. The van der Waals surface area contributed by atoms with Gasteiger partial charge in [-0.25, -0.2) is 0 Å². The summed E-state index contributed by atoms with van der Waals surface area (Å²) < 4.78 is 0. The summed E-state index contributed by atoms with van der Waals surface area (Å²) in [4.78, 5) is 12.9. The lowest BCUT2D eigenvalue weighted by Crippen LogP contribution is -1.88. The second-order valence-corrected chi connectivity index (χ2v) is 5.97. The van der Waals surface area contributed by atoms with Crippen molar-refractivity contribution in [1.29, 1.82) is 0 Å². The molecule has 1 aromatic carbocycles. The van der Waals surface area contributed by atoms with Gasteiger partial charge in [0.1, 0.15) is 0 Å². The lowest BCUT2D eigenvalue weighted by molar-refractivity contribution is 1.20. The SMILES string of the molecule is Cc1ccc(-c2cc(-c3cccnc3)cc(-c3cccnc3)c2)cn1. The first-order valence-electron chi connectivity index (χ1n) is 8.18. The lowest BCUT2D eigenvalue weighted by atomic mass is 9.95. The fourth-order valence-corrected chi connectivity index (χ4v) is 2.83. The summed E-state index contributed by atoms with van der Waals surface area (Å²) in [7, 11) is 0. The Morgan fingerprint density at radius 2 is 1.08 bits per heavy atom. The zero-order valence-electron chi connectivity index (χ0n) is 13.9. The van der Waals surface area contributed by atoms with Crippen LogP contribution in [0.3, 0.4) is 0 Å². The summed E-state index contributed by atoms with van der Waals surface area (Å²) >= 11 is 0. The predicted molar refractivity (Wildman–Crippen MR) is 101 cm³/mol. The molecule has 0 radical (unpaired) electrons. The first-order valence-corrected chi connectivity index (χ1v) is 8.18. The van der Waals surface area contributed by atoms with Gasteiger partial charge in [-0.2, -0.15) is 0 Å². The number of rotatable bonds is 3. The molecule has 0 atom stereocenters. The van der Waals surface area contributed by atoms with Gasteiger partial charge in [-0.05, 0) is 60.0 Å². The molecule has 3 heterocycles. The van der Waals surface area contributed by atoms with E-state index < -0.39 is 0 Å². The molecule has 0 amide bonds. The molecule has 4 rings (SSSR count). The summed E-state index contributed by atoms with van der Waals surface area (Å²) in [6.45, 7) is 2.00. The van der Waals surface area contributed by atoms with E-state index in [0.717, 1.165) is 39.1 Å². The Morgan fingerprint density at radius 3 is 1.48 bits per heavy atom. The van der Waals surface area contributed by atoms with Crippen molar-refractivity contribution < 1.29 is 0 Å². The number of nitrogens with zero attached hydrogens (tertiary/aromatic N) is 3. The maximum atomic E-state index is 4.44. The molecule has 3 aromatic heterocycles. The van der Waals surface area contributed by atoms with Crippen LogP contribution in [0.4, 0.5) is 0 Å². The standard InChI is InChI=1S/C22H17N3/c1-16-6-7-19(15-25-16)22-11-20(17-4-2-8-23-13-17)10-21(12-22)18-5-3-9-24-14-18/h2-15H,1H3. The van der Waals surface area contributed by atoms with Crippen LogP contribution in [-0.4, -0.2) is 15.0 Å². The highest BCUT2D eigenvalue weighted by Gasteiger charge is 2.08. The molecular formula is C22H17N3. The number of aryl methyl sites for hydroxylation is 1. The van der Waals surface area contributed by atoms with Crippen molar-refractivity contribution in [1.82, 2.24) is 15.0 Å². The minimum atomic E-state index is 1.01. The summed E-state index contributed by atoms with van der Waals surface area (Å²) in [6.07, 6.45) is 9.28. The smallest absolute Gasteiger partial charge is 0.0373 e. The van der Waals surface area contributed by atoms with E-state index in [1.165, 1.54) is 0 Å². The van der Waals surface area contributed by atoms with E-state index >= 15 is 0 Å². The van der Waals surface area contributed by atoms with Gasteiger partial charge in [-0.1, -0.05) is 18.2 Å². The van der Waals surface area contributed by atoms with Gasteiger partial charge in [0.15, 0.2) is 0 Å². The van der Waals surface area contributed by atoms with E-state index in [-0.39, 0.29) is 0 Å². The van der Waals surface area contributed by atoms with Gasteiger partial charge in [0, 0.05) is 53.4 Å². The fraction of sp³-hybridized carbons (Fsp3) is 0.0455. The molecule has 120 valence electrons. The molecule has 0 spiro atoms. The number of benzene rings is 1. The van der Waals surface area contributed by atoms with E-state index in [0.29, 0.717) is 0 Å². The van der Waals surface area contributed by atoms with Gasteiger partial charge in [0.2, 0.25) is 0 Å². The quantitative estimate of drug-likeness (QED) is 0.521. The van der Waals surface area contributed by atoms with Crippen molar-refractivity contribution >= 4 is 0 Å². The van der Waals surface area contributed by atoms with Gasteiger partial charge in [-0.3, -0.25) is 15.0 Å². The van der Waals surface area contributed by atoms with E-state index in [1.807, 2.05) is 43.7 Å². The van der Waals surface area contributed by atoms with Gasteiger partial charge < -0.3 is 0 Å². The molecule has 0 fully saturated rings. The highest BCUT2D eigenvalue weighted by molar-refractivity contribution is 5.80. The Kier molecular flexibility index (Phi) is 4.05. The average Bonchev–Trinajstić information content (AvgIpc) is 2.69. The zero-order chi connectivity index (χ0) is 17.1. The average molecular weight is 323 g/mol. The number of pyridine rings is 3. The molecule has 25 heavy (non-hydrogen) atoms. The van der Waals surface area contributed by atoms with Crippen LogP contribution in [0.2, 0.25) is 0 Å². The van der Waals surface area contributed by atoms with Crippen molar-refractivity contribution in [2.24, 2.45) is 0 Å². The summed E-state index contributed by atoms with van der Waals surface area (Å²) in [5.74, 6) is 0. The highest BCUT2D eigenvalue weighted by atomic mass is 14.7. The van der Waals surface area contributed by atoms with Crippen LogP contribution in [0, 0.1) is 6.92 Å². The lowest BCUT2D eigenvalue weighted by Gasteiger charge is -2.11. The number of aromatic nitrogens is 3. The Labute approximate surface area is 147 Å². The van der Waals surface area contributed by atoms with Gasteiger partial charge in [-0.15, -0.1) is 0 Å². The maximum Gasteiger partial charge on any atom is 0.0373 e. The van der Waals surface area contributed by atoms with Crippen LogP contribution < -0.4 is 0 Å². The Hall–Kier alpha value is -3.33. The van der Waals surface area contributed by atoms with Crippen LogP contribution in [-0.2, 0) is 0 Å². The van der Waals surface area contributed by atoms with Gasteiger partial charge in [0.25, 0.3) is 0 Å². The van der Waals surface area contributed by atoms with Crippen molar-refractivity contribution in [3.63, 3.8) is 0 Å². The van der Waals surface area contributed by atoms with Crippen LogP contribution >= 0.6 is 0 Å². The molecule has 0 saturated carbocycles. The number of hydrogen-bond donors (Lipinski definition) is 0. The third-order valence-electron chi connectivity index (χ3n) is 4.17. The first kappa shape index (κ1) is 15.2. The Morgan fingerprint density at radius 1 is 0.560 bits per heavy atom. The van der Waals surface area contributed by atoms with Crippen LogP contribution in [0.5, 0.6) is 0 Å². The summed E-state index contributed by atoms with van der Waals surface area (Å²) in [5.41, 5.74) is 7.69. The van der Waals surface area contributed by atoms with Gasteiger partial charge in [0.05, 0.1) is 0 Å². The van der Waals surface area contributed by atoms with E-state index in [1.54, 1.807) is 12.4 Å². The molecular weight excluding hydrogens is 306 g/mol. The van der Waals surface area contributed by atoms with E-state index in [2.05, 4.69) is 51.4 Å². The Balaban J connectivity index is 1.90. The first-order chi connectivity index (χ1) is 12.3. The monoisotopic (exact) mass is 323 g/mol. The second kappa shape index (κ2) is 6.65. The third kappa shape index (κ3) is 3.31. The molecule has 0 unspecified atom stereocenters. The normalized spacial score (nSPS) is 10.6. The van der Waals surface area contributed by atoms with Crippen LogP contribution in [0.25, 0.3) is 33.4 Å². The zero-order valence-corrected chi connectivity index (χ0v) is 13.9. The van der Waals surface area contributed by atoms with Crippen LogP contribution in [0.1, 0.15) is 5.69 Å². The molecule has 3 heteroatoms. The molecule has 0 saturated heterocycles. The molecule has 3 nitrogen and oxygen atoms in total. The van der Waals surface area contributed by atoms with Crippen LogP contribution in [0.15, 0.2) is 85.6 Å². The third-order valence-corrected chi connectivity index (χ3v) is 4.17. The number of hydrogen-bond acceptors (Lipinski definition) is 3. The van der Waals surface area contributed by atoms with E-state index in [4.69, 9.17) is 0 Å². The Bertz CT molecular complexity index is 921. The molecule has 4 aromatic rings. The molecule has 0 aliphatic rings. The van der Waals surface area contributed by atoms with Crippen molar-refractivity contribution in [2.45, 2.75) is 6.92 Å². The predicted octanol–water partition coefficient (Wildman–Crippen LogP) is 5.18. The molecule has 0 aliphatic carbocycles. The minimum absolute atomic E-state index is 1.01. The molecule has 0 N–H and O–H groups in total. The van der Waals surface area contributed by atoms with Gasteiger partial charge >= 0.3 is 0 Å². The van der Waals surface area contributed by atoms with E-state index in [9.17, 15) is 0 Å².